The fourth-order valence-corrected chi connectivity index (χ4v) is 4.82. The number of imidazole rings is 1. The van der Waals surface area contributed by atoms with Crippen LogP contribution in [0.25, 0.3) is 21.9 Å². The highest BCUT2D eigenvalue weighted by molar-refractivity contribution is 6.07. The minimum atomic E-state index is -0.731. The molecule has 0 spiro atoms. The summed E-state index contributed by atoms with van der Waals surface area (Å²) in [6, 6.07) is 36.6. The first kappa shape index (κ1) is 20.8. The van der Waals surface area contributed by atoms with Crippen molar-refractivity contribution in [2.24, 2.45) is 0 Å². The molecule has 6 rings (SSSR count). The Hall–Kier alpha value is -4.77. The number of carbonyl (C=O) groups excluding carboxylic acids is 1. The predicted octanol–water partition coefficient (Wildman–Crippen LogP) is 6.33. The molecule has 168 valence electrons. The van der Waals surface area contributed by atoms with Crippen LogP contribution in [-0.4, -0.2) is 21.2 Å². The Morgan fingerprint density at radius 3 is 1.86 bits per heavy atom. The van der Waals surface area contributed by atoms with Crippen molar-refractivity contribution in [3.05, 3.63) is 138 Å². The molecule has 0 radical (unpaired) electrons. The zero-order chi connectivity index (χ0) is 23.7. The molecule has 6 aromatic rings. The number of carbonyl (C=O) groups is 1. The second-order valence-electron chi connectivity index (χ2n) is 8.45. The molecule has 0 saturated heterocycles. The van der Waals surface area contributed by atoms with Gasteiger partial charge in [0.15, 0.2) is 5.82 Å². The fourth-order valence-electron chi connectivity index (χ4n) is 4.82. The molecular formula is C30H22N4O. The first-order chi connectivity index (χ1) is 17.3. The van der Waals surface area contributed by atoms with Crippen molar-refractivity contribution < 1.29 is 4.79 Å². The lowest BCUT2D eigenvalue weighted by Gasteiger charge is -2.37. The van der Waals surface area contributed by atoms with Crippen molar-refractivity contribution in [2.45, 2.75) is 5.54 Å². The Bertz CT molecular complexity index is 1530. The van der Waals surface area contributed by atoms with Gasteiger partial charge >= 0.3 is 0 Å². The van der Waals surface area contributed by atoms with Crippen molar-refractivity contribution in [1.82, 2.24) is 15.0 Å². The van der Waals surface area contributed by atoms with Gasteiger partial charge < -0.3 is 10.3 Å². The maximum Gasteiger partial charge on any atom is 0.154 e. The fraction of sp³-hybridized carbons (Fsp3) is 0.0333. The number of hydrogen-bond acceptors (Lipinski definition) is 4. The van der Waals surface area contributed by atoms with Crippen LogP contribution in [0.5, 0.6) is 0 Å². The van der Waals surface area contributed by atoms with E-state index < -0.39 is 5.54 Å². The molecule has 4 aromatic carbocycles. The highest BCUT2D eigenvalue weighted by atomic mass is 16.1. The van der Waals surface area contributed by atoms with Crippen molar-refractivity contribution >= 4 is 34.0 Å². The number of H-pyrrole nitrogens is 1. The Morgan fingerprint density at radius 2 is 1.31 bits per heavy atom. The summed E-state index contributed by atoms with van der Waals surface area (Å²) < 4.78 is 0. The van der Waals surface area contributed by atoms with E-state index in [9.17, 15) is 4.79 Å². The molecule has 0 aliphatic heterocycles. The van der Waals surface area contributed by atoms with Crippen LogP contribution < -0.4 is 5.32 Å². The second kappa shape index (κ2) is 8.54. The van der Waals surface area contributed by atoms with Gasteiger partial charge in [-0.2, -0.15) is 0 Å². The third-order valence-corrected chi connectivity index (χ3v) is 6.45. The molecule has 35 heavy (non-hydrogen) atoms. The largest absolute Gasteiger partial charge is 0.351 e. The number of benzene rings is 4. The first-order valence-electron chi connectivity index (χ1n) is 11.5. The van der Waals surface area contributed by atoms with Crippen LogP contribution in [0.4, 0.5) is 5.82 Å². The number of anilines is 1. The van der Waals surface area contributed by atoms with Gasteiger partial charge in [0.1, 0.15) is 22.9 Å². The van der Waals surface area contributed by atoms with Gasteiger partial charge in [-0.05, 0) is 28.8 Å². The van der Waals surface area contributed by atoms with Gasteiger partial charge in [-0.1, -0.05) is 97.1 Å². The smallest absolute Gasteiger partial charge is 0.154 e. The molecule has 2 heterocycles. The molecular weight excluding hydrogens is 432 g/mol. The minimum Gasteiger partial charge on any atom is -0.351 e. The number of hydrogen-bond donors (Lipinski definition) is 2. The summed E-state index contributed by atoms with van der Waals surface area (Å²) in [4.78, 5) is 24.3. The average molecular weight is 455 g/mol. The van der Waals surface area contributed by atoms with Gasteiger partial charge in [-0.15, -0.1) is 0 Å². The van der Waals surface area contributed by atoms with Crippen LogP contribution in [0.1, 0.15) is 27.0 Å². The number of aromatic amines is 1. The predicted molar refractivity (Wildman–Crippen MR) is 140 cm³/mol. The van der Waals surface area contributed by atoms with Gasteiger partial charge in [0.25, 0.3) is 0 Å². The zero-order valence-corrected chi connectivity index (χ0v) is 18.8. The second-order valence-corrected chi connectivity index (χ2v) is 8.45. The van der Waals surface area contributed by atoms with E-state index in [1.165, 1.54) is 0 Å². The van der Waals surface area contributed by atoms with Crippen molar-refractivity contribution in [2.75, 3.05) is 5.32 Å². The average Bonchev–Trinajstić information content (AvgIpc) is 3.43. The molecule has 0 saturated carbocycles. The quantitative estimate of drug-likeness (QED) is 0.228. The summed E-state index contributed by atoms with van der Waals surface area (Å²) in [6.07, 6.45) is 2.52. The summed E-state index contributed by atoms with van der Waals surface area (Å²) in [5.74, 6) is 0.657. The Labute approximate surface area is 202 Å². The van der Waals surface area contributed by atoms with Crippen molar-refractivity contribution in [3.63, 3.8) is 0 Å². The monoisotopic (exact) mass is 454 g/mol. The molecule has 0 atom stereocenters. The van der Waals surface area contributed by atoms with Crippen molar-refractivity contribution in [1.29, 1.82) is 0 Å². The van der Waals surface area contributed by atoms with Gasteiger partial charge in [-0.25, -0.2) is 9.97 Å². The van der Waals surface area contributed by atoms with Crippen molar-refractivity contribution in [3.8, 4) is 0 Å². The lowest BCUT2D eigenvalue weighted by Crippen LogP contribution is -2.38. The van der Waals surface area contributed by atoms with Gasteiger partial charge in [0.05, 0.1) is 11.8 Å². The summed E-state index contributed by atoms with van der Waals surface area (Å²) in [7, 11) is 0. The Morgan fingerprint density at radius 1 is 0.743 bits per heavy atom. The summed E-state index contributed by atoms with van der Waals surface area (Å²) >= 11 is 0. The van der Waals surface area contributed by atoms with E-state index in [4.69, 9.17) is 4.98 Å². The van der Waals surface area contributed by atoms with Crippen LogP contribution in [0.3, 0.4) is 0 Å². The van der Waals surface area contributed by atoms with Gasteiger partial charge in [-0.3, -0.25) is 4.79 Å². The maximum atomic E-state index is 11.5. The summed E-state index contributed by atoms with van der Waals surface area (Å²) in [5, 5.41) is 4.72. The van der Waals surface area contributed by atoms with E-state index in [1.807, 2.05) is 60.7 Å². The molecule has 0 bridgehead atoms. The van der Waals surface area contributed by atoms with E-state index >= 15 is 0 Å². The Kier molecular flexibility index (Phi) is 5.08. The van der Waals surface area contributed by atoms with E-state index in [2.05, 4.69) is 51.7 Å². The summed E-state index contributed by atoms with van der Waals surface area (Å²) in [6.45, 7) is 0. The van der Waals surface area contributed by atoms with Crippen LogP contribution in [0.15, 0.2) is 116 Å². The lowest BCUT2D eigenvalue weighted by molar-refractivity contribution is 0.112. The molecule has 0 amide bonds. The van der Waals surface area contributed by atoms with Gasteiger partial charge in [0, 0.05) is 10.9 Å². The standard InChI is InChI=1S/C30H22N4O/c35-19-21-16-17-25-26(18-21)33-29(28-27(25)31-20-32-28)34-30(22-10-4-1-5-11-22,23-12-6-2-7-13-23)24-14-8-3-9-15-24/h1-20H,(H,31,32)(H,33,34). The minimum absolute atomic E-state index is 0.575. The maximum absolute atomic E-state index is 11.5. The lowest BCUT2D eigenvalue weighted by atomic mass is 9.77. The number of nitrogens with zero attached hydrogens (tertiary/aromatic N) is 2. The normalized spacial score (nSPS) is 11.5. The molecule has 0 aliphatic carbocycles. The van der Waals surface area contributed by atoms with E-state index in [1.54, 1.807) is 18.5 Å². The van der Waals surface area contributed by atoms with Crippen LogP contribution in [0, 0.1) is 0 Å². The number of nitrogens with one attached hydrogen (secondary N) is 2. The molecule has 0 fully saturated rings. The van der Waals surface area contributed by atoms with Gasteiger partial charge in [0.2, 0.25) is 0 Å². The van der Waals surface area contributed by atoms with E-state index in [-0.39, 0.29) is 0 Å². The highest BCUT2D eigenvalue weighted by Gasteiger charge is 2.37. The molecule has 2 aromatic heterocycles. The van der Waals surface area contributed by atoms with Crippen LogP contribution >= 0.6 is 0 Å². The number of aldehydes is 1. The SMILES string of the molecule is O=Cc1ccc2c(c1)nc(NC(c1ccccc1)(c1ccccc1)c1ccccc1)c1[nH]cnc12. The third kappa shape index (κ3) is 3.45. The zero-order valence-electron chi connectivity index (χ0n) is 18.8. The highest BCUT2D eigenvalue weighted by Crippen LogP contribution is 2.41. The number of rotatable bonds is 6. The Balaban J connectivity index is 1.67. The van der Waals surface area contributed by atoms with Crippen LogP contribution in [-0.2, 0) is 5.54 Å². The summed E-state index contributed by atoms with van der Waals surface area (Å²) in [5.41, 5.74) is 5.40. The van der Waals surface area contributed by atoms with Crippen LogP contribution in [0.2, 0.25) is 0 Å². The first-order valence-corrected chi connectivity index (χ1v) is 11.5. The number of fused-ring (bicyclic) bond motifs is 3. The van der Waals surface area contributed by atoms with E-state index in [0.717, 1.165) is 39.4 Å². The van der Waals surface area contributed by atoms with E-state index in [0.29, 0.717) is 16.9 Å². The topological polar surface area (TPSA) is 70.7 Å². The molecule has 0 aliphatic rings. The molecule has 0 unspecified atom stereocenters. The molecule has 5 heteroatoms. The molecule has 2 N–H and O–H groups in total. The number of pyridine rings is 1. The third-order valence-electron chi connectivity index (χ3n) is 6.45. The number of aromatic nitrogens is 3. The molecule has 5 nitrogen and oxygen atoms in total.